The van der Waals surface area contributed by atoms with E-state index in [9.17, 15) is 9.59 Å². The van der Waals surface area contributed by atoms with Gasteiger partial charge in [-0.1, -0.05) is 41.9 Å². The number of carboxylic acids is 1. The molecule has 35 heavy (non-hydrogen) atoms. The van der Waals surface area contributed by atoms with Gasteiger partial charge in [-0.25, -0.2) is 10.2 Å². The summed E-state index contributed by atoms with van der Waals surface area (Å²) in [5, 5.41) is 14.3. The van der Waals surface area contributed by atoms with Crippen molar-refractivity contribution in [2.75, 3.05) is 6.61 Å². The molecule has 0 spiro atoms. The Morgan fingerprint density at radius 3 is 2.66 bits per heavy atom. The van der Waals surface area contributed by atoms with Crippen molar-refractivity contribution < 1.29 is 24.2 Å². The van der Waals surface area contributed by atoms with Crippen LogP contribution in [0.1, 0.15) is 21.5 Å². The third-order valence-corrected chi connectivity index (χ3v) is 5.18. The van der Waals surface area contributed by atoms with Gasteiger partial charge < -0.3 is 14.6 Å². The molecule has 1 amide bonds. The van der Waals surface area contributed by atoms with E-state index in [0.717, 1.165) is 5.39 Å². The molecule has 0 aliphatic rings. The maximum atomic E-state index is 12.1. The Bertz CT molecular complexity index is 1400. The van der Waals surface area contributed by atoms with Gasteiger partial charge >= 0.3 is 5.97 Å². The summed E-state index contributed by atoms with van der Waals surface area (Å²) in [7, 11) is 0. The monoisotopic (exact) mass is 489 g/mol. The number of hydrazone groups is 1. The number of hydrogen-bond acceptors (Lipinski definition) is 6. The van der Waals surface area contributed by atoms with Crippen molar-refractivity contribution in [2.24, 2.45) is 5.10 Å². The SMILES string of the molecule is O=C(COc1cccc2cccnc12)N/N=C/c1ccc(OCc2cccc(C(=O)O)c2)c(Cl)c1. The zero-order valence-electron chi connectivity index (χ0n) is 18.3. The zero-order chi connectivity index (χ0) is 24.6. The minimum absolute atomic E-state index is 0.163. The normalized spacial score (nSPS) is 10.9. The first kappa shape index (κ1) is 23.7. The lowest BCUT2D eigenvalue weighted by molar-refractivity contribution is -0.123. The first-order valence-electron chi connectivity index (χ1n) is 10.5. The number of fused-ring (bicyclic) bond motifs is 1. The highest BCUT2D eigenvalue weighted by Gasteiger charge is 2.08. The number of amides is 1. The highest BCUT2D eigenvalue weighted by molar-refractivity contribution is 6.32. The fraction of sp³-hybridized carbons (Fsp3) is 0.0769. The van der Waals surface area contributed by atoms with Crippen LogP contribution in [0.2, 0.25) is 5.02 Å². The second-order valence-corrected chi connectivity index (χ2v) is 7.80. The fourth-order valence-corrected chi connectivity index (χ4v) is 3.46. The van der Waals surface area contributed by atoms with E-state index in [-0.39, 0.29) is 18.8 Å². The predicted octanol–water partition coefficient (Wildman–Crippen LogP) is 4.69. The van der Waals surface area contributed by atoms with E-state index in [2.05, 4.69) is 15.5 Å². The van der Waals surface area contributed by atoms with Crippen LogP contribution in [-0.2, 0) is 11.4 Å². The molecule has 3 aromatic carbocycles. The van der Waals surface area contributed by atoms with Crippen LogP contribution in [0.25, 0.3) is 10.9 Å². The summed E-state index contributed by atoms with van der Waals surface area (Å²) in [5.74, 6) is -0.480. The largest absolute Gasteiger partial charge is 0.487 e. The number of benzene rings is 3. The molecular formula is C26H20ClN3O5. The number of halogens is 1. The van der Waals surface area contributed by atoms with Gasteiger partial charge in [0, 0.05) is 11.6 Å². The number of carbonyl (C=O) groups is 2. The minimum Gasteiger partial charge on any atom is -0.487 e. The number of hydrogen-bond donors (Lipinski definition) is 2. The number of para-hydroxylation sites is 1. The summed E-state index contributed by atoms with van der Waals surface area (Å²) in [6.45, 7) is -0.0554. The molecule has 1 heterocycles. The average Bonchev–Trinajstić information content (AvgIpc) is 2.87. The van der Waals surface area contributed by atoms with Crippen molar-refractivity contribution in [2.45, 2.75) is 6.61 Å². The van der Waals surface area contributed by atoms with Gasteiger partial charge in [-0.15, -0.1) is 0 Å². The number of rotatable bonds is 9. The third kappa shape index (κ3) is 6.33. The number of nitrogens with one attached hydrogen (secondary N) is 1. The molecule has 0 fully saturated rings. The molecule has 4 aromatic rings. The number of ether oxygens (including phenoxy) is 2. The van der Waals surface area contributed by atoms with Crippen LogP contribution in [0.4, 0.5) is 0 Å². The van der Waals surface area contributed by atoms with Crippen molar-refractivity contribution in [1.29, 1.82) is 0 Å². The molecular weight excluding hydrogens is 470 g/mol. The molecule has 2 N–H and O–H groups in total. The minimum atomic E-state index is -1.00. The second-order valence-electron chi connectivity index (χ2n) is 7.40. The van der Waals surface area contributed by atoms with Crippen molar-refractivity contribution in [1.82, 2.24) is 10.4 Å². The molecule has 176 valence electrons. The number of carbonyl (C=O) groups excluding carboxylic acids is 1. The van der Waals surface area contributed by atoms with Crippen LogP contribution >= 0.6 is 11.6 Å². The maximum Gasteiger partial charge on any atom is 0.335 e. The Kier molecular flexibility index (Phi) is 7.54. The van der Waals surface area contributed by atoms with Gasteiger partial charge in [0.25, 0.3) is 5.91 Å². The zero-order valence-corrected chi connectivity index (χ0v) is 19.1. The van der Waals surface area contributed by atoms with Gasteiger partial charge in [0.05, 0.1) is 16.8 Å². The van der Waals surface area contributed by atoms with Gasteiger partial charge in [-0.2, -0.15) is 5.10 Å². The molecule has 0 atom stereocenters. The topological polar surface area (TPSA) is 110 Å². The van der Waals surface area contributed by atoms with Crippen LogP contribution in [-0.4, -0.2) is 34.8 Å². The Labute approximate surface area is 205 Å². The lowest BCUT2D eigenvalue weighted by Gasteiger charge is -2.09. The van der Waals surface area contributed by atoms with Gasteiger partial charge in [0.15, 0.2) is 6.61 Å². The Hall–Kier alpha value is -4.43. The van der Waals surface area contributed by atoms with E-state index in [1.165, 1.54) is 12.3 Å². The molecule has 4 rings (SSSR count). The molecule has 0 unspecified atom stereocenters. The average molecular weight is 490 g/mol. The predicted molar refractivity (Wildman–Crippen MR) is 132 cm³/mol. The van der Waals surface area contributed by atoms with E-state index in [4.69, 9.17) is 26.2 Å². The van der Waals surface area contributed by atoms with Crippen molar-refractivity contribution in [3.63, 3.8) is 0 Å². The number of aromatic carboxylic acids is 1. The van der Waals surface area contributed by atoms with E-state index >= 15 is 0 Å². The highest BCUT2D eigenvalue weighted by atomic mass is 35.5. The summed E-state index contributed by atoms with van der Waals surface area (Å²) in [4.78, 5) is 27.5. The van der Waals surface area contributed by atoms with E-state index < -0.39 is 11.9 Å². The molecule has 8 nitrogen and oxygen atoms in total. The quantitative estimate of drug-likeness (QED) is 0.260. The van der Waals surface area contributed by atoms with Crippen molar-refractivity contribution in [3.8, 4) is 11.5 Å². The van der Waals surface area contributed by atoms with Crippen molar-refractivity contribution >= 4 is 40.6 Å². The smallest absolute Gasteiger partial charge is 0.335 e. The molecule has 0 bridgehead atoms. The molecule has 1 aromatic heterocycles. The number of pyridine rings is 1. The first-order valence-corrected chi connectivity index (χ1v) is 10.9. The molecule has 0 radical (unpaired) electrons. The van der Waals surface area contributed by atoms with Crippen LogP contribution in [0.5, 0.6) is 11.5 Å². The van der Waals surface area contributed by atoms with Gasteiger partial charge in [0.1, 0.15) is 23.6 Å². The Morgan fingerprint density at radius 2 is 1.83 bits per heavy atom. The highest BCUT2D eigenvalue weighted by Crippen LogP contribution is 2.26. The van der Waals surface area contributed by atoms with Gasteiger partial charge in [-0.05, 0) is 53.6 Å². The van der Waals surface area contributed by atoms with Crippen LogP contribution in [0, 0.1) is 0 Å². The Morgan fingerprint density at radius 1 is 1.00 bits per heavy atom. The van der Waals surface area contributed by atoms with E-state index in [1.54, 1.807) is 48.7 Å². The van der Waals surface area contributed by atoms with Crippen LogP contribution in [0.3, 0.4) is 0 Å². The molecule has 0 aliphatic heterocycles. The number of aromatic nitrogens is 1. The summed E-state index contributed by atoms with van der Waals surface area (Å²) < 4.78 is 11.3. The Balaban J connectivity index is 1.29. The summed E-state index contributed by atoms with van der Waals surface area (Å²) in [6.07, 6.45) is 3.11. The first-order chi connectivity index (χ1) is 17.0. The number of nitrogens with zero attached hydrogens (tertiary/aromatic N) is 2. The molecule has 0 aliphatic carbocycles. The lowest BCUT2D eigenvalue weighted by Crippen LogP contribution is -2.24. The lowest BCUT2D eigenvalue weighted by atomic mass is 10.1. The molecule has 0 saturated carbocycles. The maximum absolute atomic E-state index is 12.1. The van der Waals surface area contributed by atoms with Crippen LogP contribution < -0.4 is 14.9 Å². The fourth-order valence-electron chi connectivity index (χ4n) is 3.22. The van der Waals surface area contributed by atoms with E-state index in [1.807, 2.05) is 24.3 Å². The molecule has 0 saturated heterocycles. The summed E-state index contributed by atoms with van der Waals surface area (Å²) in [5.41, 5.74) is 4.62. The standard InChI is InChI=1S/C26H20ClN3O5/c27-21-13-17(9-10-22(21)34-15-18-4-1-6-20(12-18)26(32)33)14-29-30-24(31)16-35-23-8-2-5-19-7-3-11-28-25(19)23/h1-14H,15-16H2,(H,30,31)(H,32,33)/b29-14+. The summed E-state index contributed by atoms with van der Waals surface area (Å²) in [6, 6.07) is 20.8. The van der Waals surface area contributed by atoms with Crippen LogP contribution in [0.15, 0.2) is 84.1 Å². The van der Waals surface area contributed by atoms with Crippen molar-refractivity contribution in [3.05, 3.63) is 101 Å². The van der Waals surface area contributed by atoms with Gasteiger partial charge in [0.2, 0.25) is 0 Å². The van der Waals surface area contributed by atoms with Gasteiger partial charge in [-0.3, -0.25) is 9.78 Å². The molecule has 9 heteroatoms. The van der Waals surface area contributed by atoms with E-state index in [0.29, 0.717) is 33.2 Å². The summed E-state index contributed by atoms with van der Waals surface area (Å²) >= 11 is 6.29. The third-order valence-electron chi connectivity index (χ3n) is 4.88. The second kappa shape index (κ2) is 11.1. The number of carboxylic acid groups (broad SMARTS) is 1.